The highest BCUT2D eigenvalue weighted by molar-refractivity contribution is 5.90. The summed E-state index contributed by atoms with van der Waals surface area (Å²) in [5, 5.41) is 8.88. The lowest BCUT2D eigenvalue weighted by Crippen LogP contribution is -2.39. The second kappa shape index (κ2) is 4.28. The second-order valence-electron chi connectivity index (χ2n) is 4.73. The van der Waals surface area contributed by atoms with Crippen LogP contribution in [0.4, 0.5) is 0 Å². The lowest BCUT2D eigenvalue weighted by Gasteiger charge is -2.26. The van der Waals surface area contributed by atoms with Gasteiger partial charge in [-0.2, -0.15) is 0 Å². The van der Waals surface area contributed by atoms with Gasteiger partial charge in [-0.25, -0.2) is 0 Å². The van der Waals surface area contributed by atoms with Crippen LogP contribution >= 0.6 is 0 Å². The normalized spacial score (nSPS) is 23.4. The van der Waals surface area contributed by atoms with Crippen LogP contribution in [0, 0.1) is 0 Å². The minimum atomic E-state index is -0.960. The third-order valence-corrected chi connectivity index (χ3v) is 2.19. The van der Waals surface area contributed by atoms with Crippen LogP contribution in [0.2, 0.25) is 0 Å². The lowest BCUT2D eigenvalue weighted by molar-refractivity contribution is -0.146. The molecule has 0 radical (unpaired) electrons. The molecule has 0 aromatic carbocycles. The van der Waals surface area contributed by atoms with E-state index in [1.54, 1.807) is 4.90 Å². The minimum absolute atomic E-state index is 0.0418. The Morgan fingerprint density at radius 1 is 1.60 bits per heavy atom. The van der Waals surface area contributed by atoms with Crippen LogP contribution in [-0.4, -0.2) is 46.7 Å². The predicted octanol–water partition coefficient (Wildman–Crippen LogP) is 0.487. The molecule has 1 N–H and O–H groups in total. The van der Waals surface area contributed by atoms with Crippen molar-refractivity contribution in [3.8, 4) is 0 Å². The van der Waals surface area contributed by atoms with E-state index in [2.05, 4.69) is 0 Å². The monoisotopic (exact) mass is 215 g/mol. The Morgan fingerprint density at radius 3 is 2.67 bits per heavy atom. The molecule has 0 bridgehead atoms. The average Bonchev–Trinajstić information content (AvgIpc) is 2.42. The van der Waals surface area contributed by atoms with Crippen molar-refractivity contribution in [3.05, 3.63) is 0 Å². The molecule has 0 unspecified atom stereocenters. The molecule has 1 rings (SSSR count). The zero-order valence-electron chi connectivity index (χ0n) is 9.32. The summed E-state index contributed by atoms with van der Waals surface area (Å²) in [5.74, 6) is -1.00. The Labute approximate surface area is 89.0 Å². The molecule has 15 heavy (non-hydrogen) atoms. The van der Waals surface area contributed by atoms with Gasteiger partial charge in [0.15, 0.2) is 0 Å². The van der Waals surface area contributed by atoms with E-state index < -0.39 is 12.0 Å². The van der Waals surface area contributed by atoms with Crippen LogP contribution in [-0.2, 0) is 14.3 Å². The highest BCUT2D eigenvalue weighted by Gasteiger charge is 2.36. The third-order valence-electron chi connectivity index (χ3n) is 2.19. The molecular weight excluding hydrogens is 198 g/mol. The summed E-state index contributed by atoms with van der Waals surface area (Å²) in [7, 11) is 0. The Balaban J connectivity index is 2.53. The van der Waals surface area contributed by atoms with E-state index in [1.165, 1.54) is 0 Å². The Bertz CT molecular complexity index is 269. The summed E-state index contributed by atoms with van der Waals surface area (Å²) >= 11 is 0. The third kappa shape index (κ3) is 3.60. The van der Waals surface area contributed by atoms with Crippen LogP contribution in [0.5, 0.6) is 0 Å². The quantitative estimate of drug-likeness (QED) is 0.742. The number of ether oxygens (including phenoxy) is 1. The van der Waals surface area contributed by atoms with Crippen LogP contribution in [0.3, 0.4) is 0 Å². The maximum absolute atomic E-state index is 11.1. The van der Waals surface area contributed by atoms with Gasteiger partial charge < -0.3 is 9.84 Å². The molecule has 0 aromatic rings. The number of carboxylic acids is 1. The van der Waals surface area contributed by atoms with E-state index in [0.29, 0.717) is 0 Å². The lowest BCUT2D eigenvalue weighted by atomic mass is 10.2. The fourth-order valence-corrected chi connectivity index (χ4v) is 1.40. The van der Waals surface area contributed by atoms with E-state index >= 15 is 0 Å². The molecule has 1 atom stereocenters. The van der Waals surface area contributed by atoms with Gasteiger partial charge >= 0.3 is 5.97 Å². The van der Waals surface area contributed by atoms with Crippen molar-refractivity contribution in [2.24, 2.45) is 0 Å². The summed E-state index contributed by atoms with van der Waals surface area (Å²) in [6.45, 7) is 6.03. The Kier molecular flexibility index (Phi) is 3.46. The summed E-state index contributed by atoms with van der Waals surface area (Å²) < 4.78 is 5.45. The SMILES string of the molecule is CC(C)(C)OCN1CC(=O)C[C@H]1C(=O)O. The molecule has 5 nitrogen and oxygen atoms in total. The van der Waals surface area contributed by atoms with E-state index in [1.807, 2.05) is 20.8 Å². The first kappa shape index (κ1) is 12.1. The number of carbonyl (C=O) groups is 2. The van der Waals surface area contributed by atoms with Gasteiger partial charge in [-0.3, -0.25) is 14.5 Å². The first-order valence-corrected chi connectivity index (χ1v) is 4.92. The number of hydrogen-bond donors (Lipinski definition) is 1. The Morgan fingerprint density at radius 2 is 2.20 bits per heavy atom. The standard InChI is InChI=1S/C10H17NO4/c1-10(2,3)15-6-11-5-7(12)4-8(11)9(13)14/h8H,4-6H2,1-3H3,(H,13,14)/t8-/m0/s1. The van der Waals surface area contributed by atoms with Gasteiger partial charge in [0.1, 0.15) is 18.6 Å². The molecule has 1 saturated heterocycles. The van der Waals surface area contributed by atoms with Gasteiger partial charge in [0.05, 0.1) is 12.1 Å². The minimum Gasteiger partial charge on any atom is -0.480 e. The van der Waals surface area contributed by atoms with Crippen molar-refractivity contribution in [1.82, 2.24) is 4.90 Å². The zero-order valence-corrected chi connectivity index (χ0v) is 9.32. The van der Waals surface area contributed by atoms with Crippen molar-refractivity contribution in [1.29, 1.82) is 0 Å². The van der Waals surface area contributed by atoms with Crippen LogP contribution in [0.25, 0.3) is 0 Å². The van der Waals surface area contributed by atoms with E-state index in [4.69, 9.17) is 9.84 Å². The molecule has 1 fully saturated rings. The number of hydrogen-bond acceptors (Lipinski definition) is 4. The first-order chi connectivity index (χ1) is 6.79. The fraction of sp³-hybridized carbons (Fsp3) is 0.800. The number of Topliss-reactive ketones (excluding diaryl/α,β-unsaturated/α-hetero) is 1. The summed E-state index contributed by atoms with van der Waals surface area (Å²) in [6, 6.07) is -0.722. The molecule has 0 aliphatic carbocycles. The number of carbonyl (C=O) groups excluding carboxylic acids is 1. The average molecular weight is 215 g/mol. The molecule has 1 heterocycles. The van der Waals surface area contributed by atoms with Crippen molar-refractivity contribution in [2.75, 3.05) is 13.3 Å². The van der Waals surface area contributed by atoms with Gasteiger partial charge in [0.2, 0.25) is 0 Å². The van der Waals surface area contributed by atoms with Crippen molar-refractivity contribution >= 4 is 11.8 Å². The predicted molar refractivity (Wildman–Crippen MR) is 53.5 cm³/mol. The van der Waals surface area contributed by atoms with Crippen LogP contribution in [0.1, 0.15) is 27.2 Å². The highest BCUT2D eigenvalue weighted by Crippen LogP contribution is 2.16. The van der Waals surface area contributed by atoms with E-state index in [9.17, 15) is 9.59 Å². The number of carboxylic acid groups (broad SMARTS) is 1. The molecule has 86 valence electrons. The molecule has 1 aliphatic heterocycles. The Hall–Kier alpha value is -0.940. The number of likely N-dealkylation sites (tertiary alicyclic amines) is 1. The molecule has 1 aliphatic rings. The smallest absolute Gasteiger partial charge is 0.321 e. The fourth-order valence-electron chi connectivity index (χ4n) is 1.40. The molecule has 0 aromatic heterocycles. The largest absolute Gasteiger partial charge is 0.480 e. The van der Waals surface area contributed by atoms with Gasteiger partial charge in [-0.15, -0.1) is 0 Å². The van der Waals surface area contributed by atoms with Gasteiger partial charge in [-0.1, -0.05) is 0 Å². The second-order valence-corrected chi connectivity index (χ2v) is 4.73. The number of ketones is 1. The van der Waals surface area contributed by atoms with Crippen LogP contribution < -0.4 is 0 Å². The zero-order chi connectivity index (χ0) is 11.6. The van der Waals surface area contributed by atoms with Gasteiger partial charge in [0.25, 0.3) is 0 Å². The van der Waals surface area contributed by atoms with Crippen molar-refractivity contribution in [2.45, 2.75) is 38.8 Å². The highest BCUT2D eigenvalue weighted by atomic mass is 16.5. The maximum Gasteiger partial charge on any atom is 0.321 e. The number of aliphatic carboxylic acids is 1. The first-order valence-electron chi connectivity index (χ1n) is 4.92. The van der Waals surface area contributed by atoms with Gasteiger partial charge in [0, 0.05) is 6.42 Å². The van der Waals surface area contributed by atoms with Gasteiger partial charge in [-0.05, 0) is 20.8 Å². The molecule has 5 heteroatoms. The topological polar surface area (TPSA) is 66.8 Å². The number of rotatable bonds is 3. The van der Waals surface area contributed by atoms with E-state index in [0.717, 1.165) is 0 Å². The van der Waals surface area contributed by atoms with E-state index in [-0.39, 0.29) is 31.1 Å². The molecule has 0 amide bonds. The summed E-state index contributed by atoms with van der Waals surface area (Å²) in [5.41, 5.74) is -0.325. The summed E-state index contributed by atoms with van der Waals surface area (Å²) in [6.07, 6.45) is 0.0861. The molecule has 0 spiro atoms. The van der Waals surface area contributed by atoms with Crippen molar-refractivity contribution < 1.29 is 19.4 Å². The van der Waals surface area contributed by atoms with Crippen molar-refractivity contribution in [3.63, 3.8) is 0 Å². The molecule has 0 saturated carbocycles. The maximum atomic E-state index is 11.1. The molecular formula is C10H17NO4. The van der Waals surface area contributed by atoms with Crippen LogP contribution in [0.15, 0.2) is 0 Å². The number of nitrogens with zero attached hydrogens (tertiary/aromatic N) is 1. The summed E-state index contributed by atoms with van der Waals surface area (Å²) in [4.78, 5) is 23.5.